The predicted octanol–water partition coefficient (Wildman–Crippen LogP) is -0.807. The van der Waals surface area contributed by atoms with Crippen LogP contribution in [-0.4, -0.2) is 26.5 Å². The first kappa shape index (κ1) is 18.4. The van der Waals surface area contributed by atoms with E-state index in [1.807, 2.05) is 0 Å². The van der Waals surface area contributed by atoms with Crippen molar-refractivity contribution in [3.63, 3.8) is 0 Å². The molecule has 0 saturated heterocycles. The van der Waals surface area contributed by atoms with E-state index in [4.69, 9.17) is 4.74 Å². The highest BCUT2D eigenvalue weighted by molar-refractivity contribution is 7.66. The van der Waals surface area contributed by atoms with E-state index < -0.39 is 29.8 Å². The van der Waals surface area contributed by atoms with Gasteiger partial charge in [-0.3, -0.25) is 13.4 Å². The van der Waals surface area contributed by atoms with Crippen LogP contribution in [0.2, 0.25) is 0 Å². The largest absolute Gasteiger partial charge is 0.778 e. The molecule has 0 fully saturated rings. The molecule has 13 heteroatoms. The molecule has 3 atom stereocenters. The van der Waals surface area contributed by atoms with Gasteiger partial charge >= 0.3 is 0 Å². The van der Waals surface area contributed by atoms with E-state index in [2.05, 4.69) is 13.1 Å². The summed E-state index contributed by atoms with van der Waals surface area (Å²) in [6.07, 6.45) is 0. The Hall–Kier alpha value is 0.410. The summed E-state index contributed by atoms with van der Waals surface area (Å²) in [6, 6.07) is 0. The zero-order valence-electron chi connectivity index (χ0n) is 9.55. The van der Waals surface area contributed by atoms with Gasteiger partial charge in [-0.25, -0.2) is 4.31 Å². The van der Waals surface area contributed by atoms with Gasteiger partial charge in [-0.2, -0.15) is 0 Å². The first-order valence-corrected chi connectivity index (χ1v) is 9.44. The van der Waals surface area contributed by atoms with Crippen LogP contribution >= 0.6 is 23.2 Å². The van der Waals surface area contributed by atoms with Crippen LogP contribution < -0.4 is 14.7 Å². The monoisotopic (exact) mass is 325 g/mol. The Labute approximate surface area is 104 Å². The van der Waals surface area contributed by atoms with Gasteiger partial charge in [-0.15, -0.1) is 0 Å². The molecule has 0 radical (unpaired) electrons. The molecule has 0 spiro atoms. The molecule has 110 valence electrons. The van der Waals surface area contributed by atoms with E-state index in [0.29, 0.717) is 13.3 Å². The Morgan fingerprint density at radius 2 is 1.50 bits per heavy atom. The van der Waals surface area contributed by atoms with E-state index in [0.717, 1.165) is 0 Å². The Balaban J connectivity index is 4.34. The second kappa shape index (κ2) is 7.26. The second-order valence-corrected chi connectivity index (χ2v) is 7.76. The zero-order valence-corrected chi connectivity index (χ0v) is 12.2. The van der Waals surface area contributed by atoms with Gasteiger partial charge in [-0.1, -0.05) is 0 Å². The van der Waals surface area contributed by atoms with E-state index in [1.54, 1.807) is 6.92 Å². The summed E-state index contributed by atoms with van der Waals surface area (Å²) in [5, 5.41) is 0. The van der Waals surface area contributed by atoms with Gasteiger partial charge in [0.2, 0.25) is 0 Å². The van der Waals surface area contributed by atoms with Crippen molar-refractivity contribution in [2.24, 2.45) is 0 Å². The molecular formula is C5H12O10P3-3. The van der Waals surface area contributed by atoms with Crippen LogP contribution in [0, 0.1) is 0 Å². The summed E-state index contributed by atoms with van der Waals surface area (Å²) in [7, 11) is -15.5. The smallest absolute Gasteiger partial charge is 0.279 e. The number of phosphoric acid groups is 2. The Bertz CT molecular complexity index is 387. The number of hydrogen-bond acceptors (Lipinski definition) is 10. The van der Waals surface area contributed by atoms with Gasteiger partial charge in [0.1, 0.15) is 7.60 Å². The van der Waals surface area contributed by atoms with Crippen LogP contribution in [0.5, 0.6) is 0 Å². The quantitative estimate of drug-likeness (QED) is 0.388. The maximum atomic E-state index is 11.0. The molecule has 0 N–H and O–H groups in total. The third-order valence-corrected chi connectivity index (χ3v) is 5.21. The van der Waals surface area contributed by atoms with Crippen molar-refractivity contribution >= 4 is 23.2 Å². The maximum absolute atomic E-state index is 11.0. The molecular weight excluding hydrogens is 313 g/mol. The molecule has 0 aliphatic rings. The van der Waals surface area contributed by atoms with Crippen molar-refractivity contribution in [2.45, 2.75) is 6.92 Å². The van der Waals surface area contributed by atoms with E-state index in [1.165, 1.54) is 0 Å². The van der Waals surface area contributed by atoms with Crippen molar-refractivity contribution in [3.8, 4) is 0 Å². The average molecular weight is 325 g/mol. The summed E-state index contributed by atoms with van der Waals surface area (Å²) in [5.74, 6) is 0. The lowest BCUT2D eigenvalue weighted by Crippen LogP contribution is -2.16. The molecule has 0 heterocycles. The number of rotatable bonds is 9. The summed E-state index contributed by atoms with van der Waals surface area (Å²) in [4.78, 5) is 32.4. The minimum absolute atomic E-state index is 0.107. The molecule has 0 bridgehead atoms. The molecule has 18 heavy (non-hydrogen) atoms. The fraction of sp³-hybridized carbons (Fsp3) is 1.00. The molecule has 3 unspecified atom stereocenters. The molecule has 0 aliphatic carbocycles. The van der Waals surface area contributed by atoms with Crippen molar-refractivity contribution in [3.05, 3.63) is 0 Å². The summed E-state index contributed by atoms with van der Waals surface area (Å²) in [5.41, 5.74) is 0. The summed E-state index contributed by atoms with van der Waals surface area (Å²) >= 11 is 0. The van der Waals surface area contributed by atoms with Crippen LogP contribution in [0.15, 0.2) is 0 Å². The van der Waals surface area contributed by atoms with Crippen LogP contribution in [0.1, 0.15) is 6.92 Å². The van der Waals surface area contributed by atoms with Gasteiger partial charge in [0.05, 0.1) is 13.2 Å². The molecule has 0 aromatic rings. The average Bonchev–Trinajstić information content (AvgIpc) is 2.06. The molecule has 0 amide bonds. The molecule has 10 nitrogen and oxygen atoms in total. The van der Waals surface area contributed by atoms with Gasteiger partial charge in [0, 0.05) is 13.3 Å². The molecule has 0 rings (SSSR count). The van der Waals surface area contributed by atoms with E-state index in [-0.39, 0.29) is 6.61 Å². The number of ether oxygens (including phenoxy) is 1. The topological polar surface area (TPSA) is 157 Å². The molecule has 0 aliphatic heterocycles. The lowest BCUT2D eigenvalue weighted by molar-refractivity contribution is -0.244. The van der Waals surface area contributed by atoms with Crippen molar-refractivity contribution in [1.82, 2.24) is 0 Å². The van der Waals surface area contributed by atoms with Gasteiger partial charge in [-0.05, 0) is 6.92 Å². The highest BCUT2D eigenvalue weighted by Gasteiger charge is 2.22. The Morgan fingerprint density at radius 1 is 0.944 bits per heavy atom. The Morgan fingerprint density at radius 3 is 1.94 bits per heavy atom. The third kappa shape index (κ3) is 10.3. The first-order chi connectivity index (χ1) is 7.97. The SMILES string of the molecule is CCOCCOP(=O)([O-])OP(=O)([O-])OP(C)(=O)[O-]. The molecule has 0 aromatic carbocycles. The highest BCUT2D eigenvalue weighted by Crippen LogP contribution is 2.61. The van der Waals surface area contributed by atoms with Gasteiger partial charge in [0.15, 0.2) is 0 Å². The molecule has 0 saturated carbocycles. The summed E-state index contributed by atoms with van der Waals surface area (Å²) < 4.78 is 48.2. The van der Waals surface area contributed by atoms with Crippen LogP contribution in [0.25, 0.3) is 0 Å². The standard InChI is InChI=1S/C5H15O10P3/c1-3-12-4-5-13-17(8,9)15-18(10,11)14-16(2,6)7/h3-5H2,1-2H3,(H,6,7)(H,8,9)(H,10,11)/p-3. The zero-order chi connectivity index (χ0) is 14.4. The van der Waals surface area contributed by atoms with E-state index in [9.17, 15) is 28.4 Å². The van der Waals surface area contributed by atoms with Crippen molar-refractivity contribution in [2.75, 3.05) is 26.5 Å². The Kier molecular flexibility index (Phi) is 7.43. The maximum Gasteiger partial charge on any atom is 0.279 e. The minimum Gasteiger partial charge on any atom is -0.778 e. The number of phosphoric ester groups is 1. The van der Waals surface area contributed by atoms with Crippen LogP contribution in [-0.2, 0) is 31.6 Å². The van der Waals surface area contributed by atoms with E-state index >= 15 is 0 Å². The normalized spacial score (nSPS) is 21.8. The first-order valence-electron chi connectivity index (χ1n) is 4.53. The van der Waals surface area contributed by atoms with Crippen LogP contribution in [0.4, 0.5) is 0 Å². The van der Waals surface area contributed by atoms with Crippen LogP contribution in [0.3, 0.4) is 0 Å². The third-order valence-electron chi connectivity index (χ3n) is 1.13. The predicted molar refractivity (Wildman–Crippen MR) is 53.4 cm³/mol. The fourth-order valence-corrected chi connectivity index (χ4v) is 4.00. The lowest BCUT2D eigenvalue weighted by Gasteiger charge is -2.33. The summed E-state index contributed by atoms with van der Waals surface area (Å²) in [6.45, 7) is 1.82. The highest BCUT2D eigenvalue weighted by atomic mass is 31.3. The fourth-order valence-electron chi connectivity index (χ4n) is 0.695. The lowest BCUT2D eigenvalue weighted by atomic mass is 10.8. The van der Waals surface area contributed by atoms with Crippen molar-refractivity contribution < 1.29 is 46.3 Å². The van der Waals surface area contributed by atoms with Gasteiger partial charge < -0.3 is 28.5 Å². The van der Waals surface area contributed by atoms with Crippen molar-refractivity contribution in [1.29, 1.82) is 0 Å². The number of hydrogen-bond donors (Lipinski definition) is 0. The molecule has 0 aromatic heterocycles. The van der Waals surface area contributed by atoms with Gasteiger partial charge in [0.25, 0.3) is 15.6 Å². The minimum atomic E-state index is -5.56. The second-order valence-electron chi connectivity index (χ2n) is 2.86.